The molecule has 2 nitrogen and oxygen atoms in total. The molecule has 4 rings (SSSR count). The van der Waals surface area contributed by atoms with Crippen molar-refractivity contribution in [1.82, 2.24) is 0 Å². The molecule has 0 spiro atoms. The molecule has 1 unspecified atom stereocenters. The second-order valence-corrected chi connectivity index (χ2v) is 7.66. The van der Waals surface area contributed by atoms with Crippen molar-refractivity contribution in [3.05, 3.63) is 93.5 Å². The van der Waals surface area contributed by atoms with E-state index < -0.39 is 0 Å². The van der Waals surface area contributed by atoms with Gasteiger partial charge in [0.15, 0.2) is 0 Å². The summed E-state index contributed by atoms with van der Waals surface area (Å²) in [5.74, 6) is 0.761. The van der Waals surface area contributed by atoms with Crippen molar-refractivity contribution >= 4 is 11.6 Å². The van der Waals surface area contributed by atoms with E-state index in [4.69, 9.17) is 0 Å². The topological polar surface area (TPSA) is 40.5 Å². The monoisotopic (exact) mass is 356 g/mol. The Kier molecular flexibility index (Phi) is 4.27. The van der Waals surface area contributed by atoms with Crippen LogP contribution in [0.25, 0.3) is 11.6 Å². The zero-order valence-electron chi connectivity index (χ0n) is 16.0. The highest BCUT2D eigenvalue weighted by Crippen LogP contribution is 2.47. The standard InChI is InChI=1S/C25H24O2/c1-15-4-6-18(7-5-15)11-24-23(19-8-16(2)9-20(26)12-19)14-22-17(3)10-21(27)13-25(22)24/h4-13,23,26-27H,14H2,1-3H3/b24-11+. The normalized spacial score (nSPS) is 17.3. The lowest BCUT2D eigenvalue weighted by molar-refractivity contribution is 0.473. The Balaban J connectivity index is 1.90. The molecular formula is C25H24O2. The Labute approximate surface area is 160 Å². The zero-order valence-corrected chi connectivity index (χ0v) is 16.0. The van der Waals surface area contributed by atoms with Gasteiger partial charge >= 0.3 is 0 Å². The smallest absolute Gasteiger partial charge is 0.116 e. The van der Waals surface area contributed by atoms with Crippen LogP contribution in [0.4, 0.5) is 0 Å². The number of rotatable bonds is 2. The highest BCUT2D eigenvalue weighted by molar-refractivity contribution is 5.90. The van der Waals surface area contributed by atoms with Crippen molar-refractivity contribution in [2.24, 2.45) is 0 Å². The largest absolute Gasteiger partial charge is 0.508 e. The predicted octanol–water partition coefficient (Wildman–Crippen LogP) is 5.90. The lowest BCUT2D eigenvalue weighted by Crippen LogP contribution is -1.98. The third-order valence-electron chi connectivity index (χ3n) is 5.44. The van der Waals surface area contributed by atoms with Gasteiger partial charge in [0.25, 0.3) is 0 Å². The molecule has 136 valence electrons. The number of hydrogen-bond donors (Lipinski definition) is 2. The van der Waals surface area contributed by atoms with Gasteiger partial charge in [-0.25, -0.2) is 0 Å². The minimum atomic E-state index is 0.160. The van der Waals surface area contributed by atoms with Crippen molar-refractivity contribution in [1.29, 1.82) is 0 Å². The average molecular weight is 356 g/mol. The van der Waals surface area contributed by atoms with E-state index in [9.17, 15) is 10.2 Å². The predicted molar refractivity (Wildman–Crippen MR) is 111 cm³/mol. The minimum Gasteiger partial charge on any atom is -0.508 e. The third kappa shape index (κ3) is 3.35. The summed E-state index contributed by atoms with van der Waals surface area (Å²) >= 11 is 0. The minimum absolute atomic E-state index is 0.160. The number of benzene rings is 3. The Morgan fingerprint density at radius 2 is 1.52 bits per heavy atom. The molecule has 3 aromatic carbocycles. The van der Waals surface area contributed by atoms with Crippen LogP contribution in [0.5, 0.6) is 11.5 Å². The second-order valence-electron chi connectivity index (χ2n) is 7.66. The van der Waals surface area contributed by atoms with Crippen molar-refractivity contribution in [2.45, 2.75) is 33.1 Å². The van der Waals surface area contributed by atoms with Gasteiger partial charge in [-0.15, -0.1) is 0 Å². The van der Waals surface area contributed by atoms with E-state index in [0.717, 1.165) is 34.2 Å². The summed E-state index contributed by atoms with van der Waals surface area (Å²) in [5, 5.41) is 20.3. The fourth-order valence-electron chi connectivity index (χ4n) is 4.14. The summed E-state index contributed by atoms with van der Waals surface area (Å²) in [5.41, 5.74) is 9.23. The maximum absolute atomic E-state index is 10.2. The molecule has 1 aliphatic rings. The first-order chi connectivity index (χ1) is 12.9. The molecule has 1 aliphatic carbocycles. The van der Waals surface area contributed by atoms with Crippen molar-refractivity contribution < 1.29 is 10.2 Å². The fourth-order valence-corrected chi connectivity index (χ4v) is 4.14. The molecule has 0 aliphatic heterocycles. The highest BCUT2D eigenvalue weighted by atomic mass is 16.3. The van der Waals surface area contributed by atoms with Gasteiger partial charge in [0.1, 0.15) is 11.5 Å². The Bertz CT molecular complexity index is 1020. The molecule has 2 N–H and O–H groups in total. The van der Waals surface area contributed by atoms with Crippen LogP contribution in [0.15, 0.2) is 54.6 Å². The van der Waals surface area contributed by atoms with Crippen LogP contribution in [0.2, 0.25) is 0 Å². The van der Waals surface area contributed by atoms with E-state index in [0.29, 0.717) is 11.5 Å². The van der Waals surface area contributed by atoms with E-state index in [-0.39, 0.29) is 5.92 Å². The molecule has 0 bridgehead atoms. The molecule has 0 heterocycles. The Morgan fingerprint density at radius 1 is 0.815 bits per heavy atom. The quantitative estimate of drug-likeness (QED) is 0.600. The van der Waals surface area contributed by atoms with E-state index in [1.807, 2.05) is 25.1 Å². The number of phenolic OH excluding ortho intramolecular Hbond substituents is 2. The number of allylic oxidation sites excluding steroid dienone is 1. The molecule has 0 amide bonds. The first-order valence-corrected chi connectivity index (χ1v) is 9.32. The maximum Gasteiger partial charge on any atom is 0.116 e. The van der Waals surface area contributed by atoms with E-state index in [2.05, 4.69) is 50.3 Å². The van der Waals surface area contributed by atoms with Crippen molar-refractivity contribution in [2.75, 3.05) is 0 Å². The summed E-state index contributed by atoms with van der Waals surface area (Å²) in [6, 6.07) is 18.0. The molecular weight excluding hydrogens is 332 g/mol. The summed E-state index contributed by atoms with van der Waals surface area (Å²) in [6.45, 7) is 6.14. The van der Waals surface area contributed by atoms with Crippen LogP contribution in [-0.2, 0) is 6.42 Å². The third-order valence-corrected chi connectivity index (χ3v) is 5.44. The Hall–Kier alpha value is -3.00. The van der Waals surface area contributed by atoms with Crippen molar-refractivity contribution in [3.8, 4) is 11.5 Å². The molecule has 2 heteroatoms. The zero-order chi connectivity index (χ0) is 19.1. The first-order valence-electron chi connectivity index (χ1n) is 9.32. The Morgan fingerprint density at radius 3 is 2.22 bits per heavy atom. The molecule has 27 heavy (non-hydrogen) atoms. The van der Waals surface area contributed by atoms with Gasteiger partial charge in [0, 0.05) is 5.92 Å². The molecule has 0 radical (unpaired) electrons. The SMILES string of the molecule is Cc1ccc(/C=C2/c3cc(O)cc(C)c3CC2c2cc(C)cc(O)c2)cc1. The van der Waals surface area contributed by atoms with E-state index in [1.54, 1.807) is 6.07 Å². The van der Waals surface area contributed by atoms with Gasteiger partial charge in [-0.1, -0.05) is 42.0 Å². The number of hydrogen-bond acceptors (Lipinski definition) is 2. The first kappa shape index (κ1) is 17.4. The van der Waals surface area contributed by atoms with Gasteiger partial charge < -0.3 is 10.2 Å². The summed E-state index contributed by atoms with van der Waals surface area (Å²) < 4.78 is 0. The second kappa shape index (κ2) is 6.62. The van der Waals surface area contributed by atoms with E-state index >= 15 is 0 Å². The van der Waals surface area contributed by atoms with Gasteiger partial charge in [-0.2, -0.15) is 0 Å². The number of phenols is 2. The summed E-state index contributed by atoms with van der Waals surface area (Å²) in [4.78, 5) is 0. The molecule has 3 aromatic rings. The van der Waals surface area contributed by atoms with Crippen LogP contribution in [0.1, 0.15) is 44.9 Å². The average Bonchev–Trinajstić information content (AvgIpc) is 2.95. The molecule has 0 fully saturated rings. The highest BCUT2D eigenvalue weighted by Gasteiger charge is 2.30. The van der Waals surface area contributed by atoms with E-state index in [1.165, 1.54) is 16.7 Å². The van der Waals surface area contributed by atoms with Crippen LogP contribution in [0.3, 0.4) is 0 Å². The lowest BCUT2D eigenvalue weighted by Gasteiger charge is -2.15. The van der Waals surface area contributed by atoms with Crippen molar-refractivity contribution in [3.63, 3.8) is 0 Å². The molecule has 0 aromatic heterocycles. The van der Waals surface area contributed by atoms with Gasteiger partial charge in [-0.05, 0) is 90.4 Å². The fraction of sp³-hybridized carbons (Fsp3) is 0.200. The summed E-state index contributed by atoms with van der Waals surface area (Å²) in [6.07, 6.45) is 3.09. The van der Waals surface area contributed by atoms with Crippen LogP contribution in [0, 0.1) is 20.8 Å². The van der Waals surface area contributed by atoms with Crippen LogP contribution < -0.4 is 0 Å². The van der Waals surface area contributed by atoms with Gasteiger partial charge in [-0.3, -0.25) is 0 Å². The molecule has 0 saturated carbocycles. The maximum atomic E-state index is 10.2. The molecule has 0 saturated heterocycles. The number of aryl methyl sites for hydroxylation is 3. The van der Waals surface area contributed by atoms with Gasteiger partial charge in [0.05, 0.1) is 0 Å². The summed E-state index contributed by atoms with van der Waals surface area (Å²) in [7, 11) is 0. The van der Waals surface area contributed by atoms with Gasteiger partial charge in [0.2, 0.25) is 0 Å². The lowest BCUT2D eigenvalue weighted by atomic mass is 9.89. The number of aromatic hydroxyl groups is 2. The number of fused-ring (bicyclic) bond motifs is 1. The van der Waals surface area contributed by atoms with Crippen LogP contribution in [-0.4, -0.2) is 10.2 Å². The van der Waals surface area contributed by atoms with Crippen LogP contribution >= 0.6 is 0 Å². The molecule has 1 atom stereocenters.